The van der Waals surface area contributed by atoms with Crippen LogP contribution in [0.3, 0.4) is 0 Å². The van der Waals surface area contributed by atoms with Gasteiger partial charge in [-0.3, -0.25) is 0 Å². The Bertz CT molecular complexity index is 329. The average molecular weight is 203 g/mol. The third kappa shape index (κ3) is 2.91. The van der Waals surface area contributed by atoms with Gasteiger partial charge in [0.2, 0.25) is 0 Å². The van der Waals surface area contributed by atoms with E-state index in [1.165, 1.54) is 11.1 Å². The summed E-state index contributed by atoms with van der Waals surface area (Å²) in [7, 11) is 0. The molecule has 0 aliphatic carbocycles. The van der Waals surface area contributed by atoms with Crippen molar-refractivity contribution in [2.45, 2.75) is 12.5 Å². The Morgan fingerprint density at radius 3 is 3.20 bits per heavy atom. The van der Waals surface area contributed by atoms with Crippen LogP contribution in [-0.4, -0.2) is 25.8 Å². The minimum atomic E-state index is 0.318. The van der Waals surface area contributed by atoms with Crippen LogP contribution in [0.15, 0.2) is 30.8 Å². The van der Waals surface area contributed by atoms with E-state index >= 15 is 0 Å². The minimum Gasteiger partial charge on any atom is -0.375 e. The molecule has 0 bridgehead atoms. The summed E-state index contributed by atoms with van der Waals surface area (Å²) in [4.78, 5) is 0. The molecule has 2 rings (SSSR count). The van der Waals surface area contributed by atoms with Gasteiger partial charge in [0.05, 0.1) is 12.7 Å². The van der Waals surface area contributed by atoms with Gasteiger partial charge in [0.15, 0.2) is 0 Å². The fraction of sp³-hybridized carbons (Fsp3) is 0.385. The van der Waals surface area contributed by atoms with E-state index in [0.717, 1.165) is 26.1 Å². The number of morpholine rings is 1. The fourth-order valence-electron chi connectivity index (χ4n) is 1.86. The third-order valence-corrected chi connectivity index (χ3v) is 2.65. The number of ether oxygens (including phenoxy) is 1. The number of benzene rings is 1. The minimum absolute atomic E-state index is 0.318. The first-order chi connectivity index (χ1) is 7.38. The van der Waals surface area contributed by atoms with Crippen molar-refractivity contribution >= 4 is 6.08 Å². The summed E-state index contributed by atoms with van der Waals surface area (Å²) in [6.07, 6.45) is 3.18. The molecule has 2 nitrogen and oxygen atoms in total. The fourth-order valence-corrected chi connectivity index (χ4v) is 1.86. The third-order valence-electron chi connectivity index (χ3n) is 2.65. The van der Waals surface area contributed by atoms with Crippen molar-refractivity contribution in [3.8, 4) is 0 Å². The first-order valence-electron chi connectivity index (χ1n) is 5.42. The number of hydrogen-bond acceptors (Lipinski definition) is 2. The van der Waals surface area contributed by atoms with Crippen LogP contribution >= 0.6 is 0 Å². The lowest BCUT2D eigenvalue weighted by molar-refractivity contribution is 0.0292. The van der Waals surface area contributed by atoms with Crippen LogP contribution < -0.4 is 5.32 Å². The van der Waals surface area contributed by atoms with Gasteiger partial charge in [-0.2, -0.15) is 0 Å². The Balaban J connectivity index is 1.99. The average Bonchev–Trinajstić information content (AvgIpc) is 2.31. The maximum atomic E-state index is 5.67. The molecule has 0 amide bonds. The highest BCUT2D eigenvalue weighted by Crippen LogP contribution is 2.11. The topological polar surface area (TPSA) is 21.3 Å². The molecule has 1 N–H and O–H groups in total. The summed E-state index contributed by atoms with van der Waals surface area (Å²) in [6.45, 7) is 6.53. The van der Waals surface area contributed by atoms with Gasteiger partial charge in [-0.1, -0.05) is 36.9 Å². The molecule has 1 fully saturated rings. The molecule has 2 heteroatoms. The van der Waals surface area contributed by atoms with E-state index in [1.807, 2.05) is 6.08 Å². The van der Waals surface area contributed by atoms with Crippen LogP contribution in [0.1, 0.15) is 11.1 Å². The van der Waals surface area contributed by atoms with Gasteiger partial charge in [-0.15, -0.1) is 0 Å². The van der Waals surface area contributed by atoms with E-state index in [0.29, 0.717) is 6.10 Å². The molecule has 80 valence electrons. The van der Waals surface area contributed by atoms with E-state index in [1.54, 1.807) is 0 Å². The van der Waals surface area contributed by atoms with E-state index in [9.17, 15) is 0 Å². The molecule has 0 radical (unpaired) electrons. The number of rotatable bonds is 3. The lowest BCUT2D eigenvalue weighted by Gasteiger charge is -2.23. The van der Waals surface area contributed by atoms with Gasteiger partial charge in [-0.05, 0) is 17.5 Å². The Morgan fingerprint density at radius 2 is 2.47 bits per heavy atom. The standard InChI is InChI=1S/C13H17NO/c1-2-11-4-3-5-12(8-11)9-13-10-14-6-7-15-13/h2-5,8,13-14H,1,6-7,9-10H2. The van der Waals surface area contributed by atoms with Crippen molar-refractivity contribution in [2.75, 3.05) is 19.7 Å². The van der Waals surface area contributed by atoms with E-state index < -0.39 is 0 Å². The van der Waals surface area contributed by atoms with Crippen molar-refractivity contribution < 1.29 is 4.74 Å². The molecular formula is C13H17NO. The highest BCUT2D eigenvalue weighted by Gasteiger charge is 2.13. The molecule has 1 saturated heterocycles. The molecule has 1 unspecified atom stereocenters. The summed E-state index contributed by atoms with van der Waals surface area (Å²) in [5.74, 6) is 0. The zero-order valence-electron chi connectivity index (χ0n) is 8.91. The second-order valence-corrected chi connectivity index (χ2v) is 3.85. The predicted octanol–water partition coefficient (Wildman–Crippen LogP) is 1.86. The molecule has 0 spiro atoms. The molecular weight excluding hydrogens is 186 g/mol. The summed E-state index contributed by atoms with van der Waals surface area (Å²) in [6, 6.07) is 8.45. The smallest absolute Gasteiger partial charge is 0.0740 e. The SMILES string of the molecule is C=Cc1cccc(CC2CNCCO2)c1. The van der Waals surface area contributed by atoms with Crippen LogP contribution in [0, 0.1) is 0 Å². The van der Waals surface area contributed by atoms with Crippen molar-refractivity contribution in [1.82, 2.24) is 5.32 Å². The lowest BCUT2D eigenvalue weighted by Crippen LogP contribution is -2.39. The Labute approximate surface area is 91.0 Å². The van der Waals surface area contributed by atoms with Gasteiger partial charge in [0.1, 0.15) is 0 Å². The highest BCUT2D eigenvalue weighted by molar-refractivity contribution is 5.47. The zero-order chi connectivity index (χ0) is 10.5. The first-order valence-corrected chi connectivity index (χ1v) is 5.42. The monoisotopic (exact) mass is 203 g/mol. The maximum absolute atomic E-state index is 5.67. The second kappa shape index (κ2) is 5.10. The van der Waals surface area contributed by atoms with Crippen molar-refractivity contribution in [1.29, 1.82) is 0 Å². The van der Waals surface area contributed by atoms with Crippen molar-refractivity contribution in [3.05, 3.63) is 42.0 Å². The predicted molar refractivity (Wildman–Crippen MR) is 62.8 cm³/mol. The Kier molecular flexibility index (Phi) is 3.54. The van der Waals surface area contributed by atoms with Crippen LogP contribution in [0.5, 0.6) is 0 Å². The maximum Gasteiger partial charge on any atom is 0.0740 e. The molecule has 1 aromatic carbocycles. The van der Waals surface area contributed by atoms with E-state index in [2.05, 4.69) is 36.2 Å². The number of hydrogen-bond donors (Lipinski definition) is 1. The largest absolute Gasteiger partial charge is 0.375 e. The summed E-state index contributed by atoms with van der Waals surface area (Å²) in [5.41, 5.74) is 2.50. The van der Waals surface area contributed by atoms with Crippen molar-refractivity contribution in [3.63, 3.8) is 0 Å². The Morgan fingerprint density at radius 1 is 1.53 bits per heavy atom. The van der Waals surface area contributed by atoms with Gasteiger partial charge >= 0.3 is 0 Å². The van der Waals surface area contributed by atoms with Gasteiger partial charge in [0.25, 0.3) is 0 Å². The van der Waals surface area contributed by atoms with Crippen LogP contribution in [0.4, 0.5) is 0 Å². The van der Waals surface area contributed by atoms with Crippen LogP contribution in [0.2, 0.25) is 0 Å². The summed E-state index contributed by atoms with van der Waals surface area (Å²) < 4.78 is 5.67. The molecule has 1 heterocycles. The van der Waals surface area contributed by atoms with E-state index in [-0.39, 0.29) is 0 Å². The molecule has 0 saturated carbocycles. The lowest BCUT2D eigenvalue weighted by atomic mass is 10.0. The van der Waals surface area contributed by atoms with Gasteiger partial charge < -0.3 is 10.1 Å². The van der Waals surface area contributed by atoms with Crippen LogP contribution in [0.25, 0.3) is 6.08 Å². The molecule has 1 atom stereocenters. The summed E-state index contributed by atoms with van der Waals surface area (Å²) in [5, 5.41) is 3.34. The molecule has 1 aliphatic rings. The van der Waals surface area contributed by atoms with E-state index in [4.69, 9.17) is 4.74 Å². The first kappa shape index (κ1) is 10.4. The van der Waals surface area contributed by atoms with Gasteiger partial charge in [0, 0.05) is 13.1 Å². The second-order valence-electron chi connectivity index (χ2n) is 3.85. The molecule has 1 aliphatic heterocycles. The number of nitrogens with one attached hydrogen (secondary N) is 1. The summed E-state index contributed by atoms with van der Waals surface area (Å²) >= 11 is 0. The molecule has 0 aromatic heterocycles. The normalized spacial score (nSPS) is 21.2. The Hall–Kier alpha value is -1.12. The molecule has 1 aromatic rings. The quantitative estimate of drug-likeness (QED) is 0.809. The van der Waals surface area contributed by atoms with Gasteiger partial charge in [-0.25, -0.2) is 0 Å². The molecule has 15 heavy (non-hydrogen) atoms. The van der Waals surface area contributed by atoms with Crippen molar-refractivity contribution in [2.24, 2.45) is 0 Å². The highest BCUT2D eigenvalue weighted by atomic mass is 16.5. The van der Waals surface area contributed by atoms with Crippen LogP contribution in [-0.2, 0) is 11.2 Å². The zero-order valence-corrected chi connectivity index (χ0v) is 8.91.